The van der Waals surface area contributed by atoms with E-state index in [1.54, 1.807) is 0 Å². The standard InChI is InChI=1S/C17H29N5O/c1-2-4-11-22(10-3-1)16-6-8-19-17(20-16)18-7-5-9-21-12-14-23-15-13-21/h6,8H,1-5,7,9-15H2,(H,18,19,20). The Kier molecular flexibility index (Phi) is 6.46. The lowest BCUT2D eigenvalue weighted by Gasteiger charge is -2.26. The second-order valence-electron chi connectivity index (χ2n) is 6.37. The van der Waals surface area contributed by atoms with Crippen molar-refractivity contribution in [1.82, 2.24) is 14.9 Å². The number of nitrogens with zero attached hydrogens (tertiary/aromatic N) is 4. The van der Waals surface area contributed by atoms with E-state index in [2.05, 4.69) is 20.1 Å². The molecule has 0 amide bonds. The normalized spacial score (nSPS) is 20.3. The third-order valence-electron chi connectivity index (χ3n) is 4.61. The Morgan fingerprint density at radius 1 is 1.04 bits per heavy atom. The van der Waals surface area contributed by atoms with Crippen molar-refractivity contribution < 1.29 is 4.74 Å². The zero-order chi connectivity index (χ0) is 15.7. The van der Waals surface area contributed by atoms with Crippen LogP contribution in [0.5, 0.6) is 0 Å². The van der Waals surface area contributed by atoms with Crippen molar-refractivity contribution >= 4 is 11.8 Å². The summed E-state index contributed by atoms with van der Waals surface area (Å²) in [6.07, 6.45) is 8.20. The van der Waals surface area contributed by atoms with Gasteiger partial charge in [-0.25, -0.2) is 4.98 Å². The van der Waals surface area contributed by atoms with Gasteiger partial charge in [0.15, 0.2) is 0 Å². The van der Waals surface area contributed by atoms with Crippen LogP contribution in [0.2, 0.25) is 0 Å². The molecule has 0 aliphatic carbocycles. The van der Waals surface area contributed by atoms with Gasteiger partial charge in [0, 0.05) is 38.9 Å². The minimum Gasteiger partial charge on any atom is -0.379 e. The second kappa shape index (κ2) is 9.03. The van der Waals surface area contributed by atoms with Crippen LogP contribution in [-0.2, 0) is 4.74 Å². The number of hydrogen-bond donors (Lipinski definition) is 1. The Bertz CT molecular complexity index is 456. The third kappa shape index (κ3) is 5.32. The Balaban J connectivity index is 1.43. The smallest absolute Gasteiger partial charge is 0.224 e. The molecule has 23 heavy (non-hydrogen) atoms. The summed E-state index contributed by atoms with van der Waals surface area (Å²) in [5.41, 5.74) is 0. The predicted molar refractivity (Wildman–Crippen MR) is 93.1 cm³/mol. The molecular weight excluding hydrogens is 290 g/mol. The van der Waals surface area contributed by atoms with Crippen molar-refractivity contribution in [3.8, 4) is 0 Å². The van der Waals surface area contributed by atoms with Crippen LogP contribution in [-0.4, -0.2) is 67.4 Å². The molecule has 6 heteroatoms. The molecule has 2 fully saturated rings. The predicted octanol–water partition coefficient (Wildman–Crippen LogP) is 1.99. The van der Waals surface area contributed by atoms with E-state index in [1.165, 1.54) is 25.7 Å². The molecule has 3 heterocycles. The Labute approximate surface area is 139 Å². The van der Waals surface area contributed by atoms with Crippen LogP contribution < -0.4 is 10.2 Å². The molecule has 0 radical (unpaired) electrons. The average Bonchev–Trinajstić information content (AvgIpc) is 2.89. The highest BCUT2D eigenvalue weighted by molar-refractivity contribution is 5.42. The van der Waals surface area contributed by atoms with Crippen LogP contribution in [0.1, 0.15) is 32.1 Å². The van der Waals surface area contributed by atoms with Gasteiger partial charge in [-0.3, -0.25) is 4.90 Å². The minimum atomic E-state index is 0.758. The number of aromatic nitrogens is 2. The Morgan fingerprint density at radius 2 is 1.83 bits per heavy atom. The van der Waals surface area contributed by atoms with E-state index in [0.717, 1.165) is 70.7 Å². The van der Waals surface area contributed by atoms with E-state index >= 15 is 0 Å². The number of hydrogen-bond acceptors (Lipinski definition) is 6. The van der Waals surface area contributed by atoms with Crippen LogP contribution >= 0.6 is 0 Å². The van der Waals surface area contributed by atoms with Gasteiger partial charge in [-0.15, -0.1) is 0 Å². The maximum Gasteiger partial charge on any atom is 0.224 e. The molecule has 0 bridgehead atoms. The highest BCUT2D eigenvalue weighted by atomic mass is 16.5. The van der Waals surface area contributed by atoms with Crippen LogP contribution in [0, 0.1) is 0 Å². The highest BCUT2D eigenvalue weighted by Gasteiger charge is 2.12. The summed E-state index contributed by atoms with van der Waals surface area (Å²) in [6.45, 7) is 8.12. The summed E-state index contributed by atoms with van der Waals surface area (Å²) >= 11 is 0. The van der Waals surface area contributed by atoms with E-state index in [9.17, 15) is 0 Å². The van der Waals surface area contributed by atoms with Gasteiger partial charge in [0.2, 0.25) is 5.95 Å². The third-order valence-corrected chi connectivity index (χ3v) is 4.61. The van der Waals surface area contributed by atoms with E-state index in [-0.39, 0.29) is 0 Å². The first-order chi connectivity index (χ1) is 11.4. The van der Waals surface area contributed by atoms with Gasteiger partial charge < -0.3 is 15.0 Å². The van der Waals surface area contributed by atoms with Crippen molar-refractivity contribution in [3.05, 3.63) is 12.3 Å². The van der Waals surface area contributed by atoms with Crippen LogP contribution in [0.4, 0.5) is 11.8 Å². The number of anilines is 2. The van der Waals surface area contributed by atoms with Gasteiger partial charge in [-0.1, -0.05) is 12.8 Å². The highest BCUT2D eigenvalue weighted by Crippen LogP contribution is 2.17. The molecule has 6 nitrogen and oxygen atoms in total. The van der Waals surface area contributed by atoms with Crippen molar-refractivity contribution in [2.45, 2.75) is 32.1 Å². The zero-order valence-corrected chi connectivity index (χ0v) is 14.0. The summed E-state index contributed by atoms with van der Waals surface area (Å²) in [5, 5.41) is 3.37. The SMILES string of the molecule is c1cc(N2CCCCCC2)nc(NCCCN2CCOCC2)n1. The molecule has 0 aromatic carbocycles. The van der Waals surface area contributed by atoms with Crippen molar-refractivity contribution in [1.29, 1.82) is 0 Å². The van der Waals surface area contributed by atoms with Gasteiger partial charge in [0.1, 0.15) is 5.82 Å². The topological polar surface area (TPSA) is 53.5 Å². The zero-order valence-electron chi connectivity index (χ0n) is 14.0. The van der Waals surface area contributed by atoms with E-state index in [1.807, 2.05) is 12.3 Å². The van der Waals surface area contributed by atoms with Crippen LogP contribution in [0.25, 0.3) is 0 Å². The maximum absolute atomic E-state index is 5.37. The van der Waals surface area contributed by atoms with Crippen molar-refractivity contribution in [3.63, 3.8) is 0 Å². The lowest BCUT2D eigenvalue weighted by Crippen LogP contribution is -2.37. The Hall–Kier alpha value is -1.40. The molecule has 128 valence electrons. The molecule has 1 N–H and O–H groups in total. The molecule has 2 aliphatic heterocycles. The minimum absolute atomic E-state index is 0.758. The Morgan fingerprint density at radius 3 is 2.61 bits per heavy atom. The first-order valence-corrected chi connectivity index (χ1v) is 9.04. The molecule has 0 atom stereocenters. The molecule has 0 saturated carbocycles. The summed E-state index contributed by atoms with van der Waals surface area (Å²) < 4.78 is 5.37. The van der Waals surface area contributed by atoms with Crippen molar-refractivity contribution in [2.24, 2.45) is 0 Å². The van der Waals surface area contributed by atoms with Gasteiger partial charge in [0.05, 0.1) is 13.2 Å². The average molecular weight is 319 g/mol. The molecule has 3 rings (SSSR count). The second-order valence-corrected chi connectivity index (χ2v) is 6.37. The fourth-order valence-electron chi connectivity index (χ4n) is 3.24. The van der Waals surface area contributed by atoms with Crippen molar-refractivity contribution in [2.75, 3.05) is 62.7 Å². The molecular formula is C17H29N5O. The van der Waals surface area contributed by atoms with Crippen LogP contribution in [0.3, 0.4) is 0 Å². The lowest BCUT2D eigenvalue weighted by molar-refractivity contribution is 0.0378. The van der Waals surface area contributed by atoms with Gasteiger partial charge in [0.25, 0.3) is 0 Å². The first kappa shape index (κ1) is 16.5. The van der Waals surface area contributed by atoms with E-state index in [4.69, 9.17) is 9.72 Å². The first-order valence-electron chi connectivity index (χ1n) is 9.04. The quantitative estimate of drug-likeness (QED) is 0.809. The molecule has 1 aromatic heterocycles. The summed E-state index contributed by atoms with van der Waals surface area (Å²) in [7, 11) is 0. The molecule has 1 aromatic rings. The number of nitrogens with one attached hydrogen (secondary N) is 1. The van der Waals surface area contributed by atoms with Crippen LogP contribution in [0.15, 0.2) is 12.3 Å². The molecule has 0 spiro atoms. The molecule has 2 saturated heterocycles. The fourth-order valence-corrected chi connectivity index (χ4v) is 3.24. The van der Waals surface area contributed by atoms with Gasteiger partial charge >= 0.3 is 0 Å². The monoisotopic (exact) mass is 319 g/mol. The molecule has 2 aliphatic rings. The maximum atomic E-state index is 5.37. The van der Waals surface area contributed by atoms with Gasteiger partial charge in [-0.2, -0.15) is 4.98 Å². The van der Waals surface area contributed by atoms with Gasteiger partial charge in [-0.05, 0) is 31.9 Å². The lowest BCUT2D eigenvalue weighted by atomic mass is 10.2. The summed E-state index contributed by atoms with van der Waals surface area (Å²) in [6, 6.07) is 2.03. The summed E-state index contributed by atoms with van der Waals surface area (Å²) in [4.78, 5) is 13.9. The number of morpholine rings is 1. The number of ether oxygens (including phenoxy) is 1. The largest absolute Gasteiger partial charge is 0.379 e. The molecule has 0 unspecified atom stereocenters. The fraction of sp³-hybridized carbons (Fsp3) is 0.765. The summed E-state index contributed by atoms with van der Waals surface area (Å²) in [5.74, 6) is 1.83. The van der Waals surface area contributed by atoms with E-state index < -0.39 is 0 Å². The number of rotatable bonds is 6. The van der Waals surface area contributed by atoms with E-state index in [0.29, 0.717) is 0 Å².